The zero-order valence-electron chi connectivity index (χ0n) is 7.53. The van der Waals surface area contributed by atoms with Crippen LogP contribution in [0.1, 0.15) is 0 Å². The maximum atomic E-state index is 10.6. The molecule has 70 valence electrons. The van der Waals surface area contributed by atoms with Crippen molar-refractivity contribution in [2.75, 3.05) is 24.2 Å². The lowest BCUT2D eigenvalue weighted by atomic mass is 10.2. The van der Waals surface area contributed by atoms with Crippen LogP contribution in [0, 0.1) is 0 Å². The van der Waals surface area contributed by atoms with Gasteiger partial charge in [-0.1, -0.05) is 0 Å². The van der Waals surface area contributed by atoms with E-state index in [-0.39, 0.29) is 12.5 Å². The summed E-state index contributed by atoms with van der Waals surface area (Å²) in [6, 6.07) is 7.26. The summed E-state index contributed by atoms with van der Waals surface area (Å²) < 4.78 is 0. The summed E-state index contributed by atoms with van der Waals surface area (Å²) >= 11 is 0. The van der Waals surface area contributed by atoms with Crippen LogP contribution in [0.3, 0.4) is 0 Å². The van der Waals surface area contributed by atoms with Gasteiger partial charge in [-0.15, -0.1) is 0 Å². The van der Waals surface area contributed by atoms with E-state index in [0.717, 1.165) is 5.69 Å². The fourth-order valence-electron chi connectivity index (χ4n) is 1.05. The second-order valence-corrected chi connectivity index (χ2v) is 2.91. The van der Waals surface area contributed by atoms with E-state index in [4.69, 9.17) is 11.5 Å². The number of carbonyl (C=O) groups is 1. The standard InChI is InChI=1S/C9H13N3O/c1-12(6-9(11)13)8-4-2-7(10)3-5-8/h2-5H,6,10H2,1H3,(H2,11,13). The second-order valence-electron chi connectivity index (χ2n) is 2.91. The molecule has 4 nitrogen and oxygen atoms in total. The molecule has 0 saturated carbocycles. The number of rotatable bonds is 3. The van der Waals surface area contributed by atoms with Crippen molar-refractivity contribution in [2.45, 2.75) is 0 Å². The van der Waals surface area contributed by atoms with Gasteiger partial charge in [-0.3, -0.25) is 4.79 Å². The Balaban J connectivity index is 2.71. The SMILES string of the molecule is CN(CC(N)=O)c1ccc(N)cc1. The van der Waals surface area contributed by atoms with E-state index in [2.05, 4.69) is 0 Å². The first kappa shape index (κ1) is 9.38. The summed E-state index contributed by atoms with van der Waals surface area (Å²) in [4.78, 5) is 12.4. The molecule has 0 fully saturated rings. The highest BCUT2D eigenvalue weighted by molar-refractivity contribution is 5.79. The van der Waals surface area contributed by atoms with Gasteiger partial charge in [0.1, 0.15) is 0 Å². The first-order valence-electron chi connectivity index (χ1n) is 3.94. The number of carbonyl (C=O) groups excluding carboxylic acids is 1. The van der Waals surface area contributed by atoms with Crippen LogP contribution >= 0.6 is 0 Å². The molecule has 0 aromatic heterocycles. The van der Waals surface area contributed by atoms with Crippen LogP contribution in [-0.4, -0.2) is 19.5 Å². The van der Waals surface area contributed by atoms with E-state index in [9.17, 15) is 4.79 Å². The number of nitrogen functional groups attached to an aromatic ring is 1. The summed E-state index contributed by atoms with van der Waals surface area (Å²) in [7, 11) is 1.80. The molecule has 0 spiro atoms. The smallest absolute Gasteiger partial charge is 0.236 e. The number of hydrogen-bond acceptors (Lipinski definition) is 3. The molecule has 0 unspecified atom stereocenters. The Labute approximate surface area is 77.1 Å². The van der Waals surface area contributed by atoms with Crippen molar-refractivity contribution in [1.82, 2.24) is 0 Å². The van der Waals surface area contributed by atoms with Gasteiger partial charge in [-0.25, -0.2) is 0 Å². The maximum Gasteiger partial charge on any atom is 0.236 e. The molecule has 0 radical (unpaired) electrons. The van der Waals surface area contributed by atoms with Crippen molar-refractivity contribution < 1.29 is 4.79 Å². The first-order chi connectivity index (χ1) is 6.09. The van der Waals surface area contributed by atoms with Crippen LogP contribution in [0.5, 0.6) is 0 Å². The van der Waals surface area contributed by atoms with Gasteiger partial charge in [0, 0.05) is 18.4 Å². The Hall–Kier alpha value is -1.71. The Kier molecular flexibility index (Phi) is 2.74. The van der Waals surface area contributed by atoms with Gasteiger partial charge in [0.05, 0.1) is 6.54 Å². The molecule has 0 aliphatic heterocycles. The minimum atomic E-state index is -0.348. The summed E-state index contributed by atoms with van der Waals surface area (Å²) in [6.45, 7) is 0.212. The number of benzene rings is 1. The van der Waals surface area contributed by atoms with E-state index in [1.807, 2.05) is 12.1 Å². The first-order valence-corrected chi connectivity index (χ1v) is 3.94. The molecule has 1 aromatic carbocycles. The fourth-order valence-corrected chi connectivity index (χ4v) is 1.05. The van der Waals surface area contributed by atoms with E-state index in [1.165, 1.54) is 0 Å². The Morgan fingerprint density at radius 2 is 1.92 bits per heavy atom. The van der Waals surface area contributed by atoms with Crippen molar-refractivity contribution in [1.29, 1.82) is 0 Å². The minimum absolute atomic E-state index is 0.212. The summed E-state index contributed by atoms with van der Waals surface area (Å²) in [6.07, 6.45) is 0. The molecular weight excluding hydrogens is 166 g/mol. The van der Waals surface area contributed by atoms with Gasteiger partial charge in [0.15, 0.2) is 0 Å². The lowest BCUT2D eigenvalue weighted by molar-refractivity contribution is -0.116. The quantitative estimate of drug-likeness (QED) is 0.650. The van der Waals surface area contributed by atoms with Crippen molar-refractivity contribution >= 4 is 17.3 Å². The third-order valence-electron chi connectivity index (χ3n) is 1.73. The average molecular weight is 179 g/mol. The van der Waals surface area contributed by atoms with Gasteiger partial charge in [-0.2, -0.15) is 0 Å². The Bertz CT molecular complexity index is 294. The molecule has 0 bridgehead atoms. The van der Waals surface area contributed by atoms with Crippen LogP contribution in [0.4, 0.5) is 11.4 Å². The number of hydrogen-bond donors (Lipinski definition) is 2. The van der Waals surface area contributed by atoms with Crippen molar-refractivity contribution in [3.63, 3.8) is 0 Å². The van der Waals surface area contributed by atoms with Gasteiger partial charge < -0.3 is 16.4 Å². The molecule has 13 heavy (non-hydrogen) atoms. The fraction of sp³-hybridized carbons (Fsp3) is 0.222. The van der Waals surface area contributed by atoms with Gasteiger partial charge in [0.25, 0.3) is 0 Å². The van der Waals surface area contributed by atoms with Crippen LogP contribution in [0.25, 0.3) is 0 Å². The van der Waals surface area contributed by atoms with Crippen LogP contribution < -0.4 is 16.4 Å². The summed E-state index contributed by atoms with van der Waals surface area (Å²) in [5, 5.41) is 0. The minimum Gasteiger partial charge on any atom is -0.399 e. The maximum absolute atomic E-state index is 10.6. The van der Waals surface area contributed by atoms with E-state index in [0.29, 0.717) is 5.69 Å². The third-order valence-corrected chi connectivity index (χ3v) is 1.73. The van der Waals surface area contributed by atoms with Crippen molar-refractivity contribution in [3.8, 4) is 0 Å². The molecule has 1 rings (SSSR count). The predicted molar refractivity (Wildman–Crippen MR) is 53.3 cm³/mol. The van der Waals surface area contributed by atoms with Gasteiger partial charge >= 0.3 is 0 Å². The monoisotopic (exact) mass is 179 g/mol. The van der Waals surface area contributed by atoms with E-state index < -0.39 is 0 Å². The number of primary amides is 1. The number of amides is 1. The Morgan fingerprint density at radius 1 is 1.38 bits per heavy atom. The molecule has 1 amide bonds. The van der Waals surface area contributed by atoms with Crippen LogP contribution in [0.15, 0.2) is 24.3 Å². The summed E-state index contributed by atoms with van der Waals surface area (Å²) in [5.41, 5.74) is 12.2. The zero-order valence-corrected chi connectivity index (χ0v) is 7.53. The van der Waals surface area contributed by atoms with Crippen LogP contribution in [-0.2, 0) is 4.79 Å². The zero-order chi connectivity index (χ0) is 9.84. The van der Waals surface area contributed by atoms with Crippen molar-refractivity contribution in [3.05, 3.63) is 24.3 Å². The topological polar surface area (TPSA) is 72.3 Å². The van der Waals surface area contributed by atoms with Gasteiger partial charge in [0.2, 0.25) is 5.91 Å². The van der Waals surface area contributed by atoms with E-state index in [1.54, 1.807) is 24.1 Å². The lowest BCUT2D eigenvalue weighted by Gasteiger charge is -2.16. The molecule has 0 atom stereocenters. The molecule has 0 saturated heterocycles. The largest absolute Gasteiger partial charge is 0.399 e. The highest BCUT2D eigenvalue weighted by atomic mass is 16.1. The number of likely N-dealkylation sites (N-methyl/N-ethyl adjacent to an activating group) is 1. The average Bonchev–Trinajstić information content (AvgIpc) is 2.04. The number of nitrogens with zero attached hydrogens (tertiary/aromatic N) is 1. The normalized spacial score (nSPS) is 9.62. The predicted octanol–water partition coefficient (Wildman–Crippen LogP) is 0.190. The third kappa shape index (κ3) is 2.66. The molecular formula is C9H13N3O. The number of nitrogens with two attached hydrogens (primary N) is 2. The van der Waals surface area contributed by atoms with Gasteiger partial charge in [-0.05, 0) is 24.3 Å². The highest BCUT2D eigenvalue weighted by Gasteiger charge is 2.02. The lowest BCUT2D eigenvalue weighted by Crippen LogP contribution is -2.30. The highest BCUT2D eigenvalue weighted by Crippen LogP contribution is 2.13. The molecule has 0 heterocycles. The van der Waals surface area contributed by atoms with Crippen molar-refractivity contribution in [2.24, 2.45) is 5.73 Å². The molecule has 1 aromatic rings. The van der Waals surface area contributed by atoms with Crippen LogP contribution in [0.2, 0.25) is 0 Å². The Morgan fingerprint density at radius 3 is 2.38 bits per heavy atom. The summed E-state index contributed by atoms with van der Waals surface area (Å²) in [5.74, 6) is -0.348. The number of anilines is 2. The molecule has 4 N–H and O–H groups in total. The second kappa shape index (κ2) is 3.80. The van der Waals surface area contributed by atoms with E-state index >= 15 is 0 Å². The molecule has 0 aliphatic carbocycles. The molecule has 4 heteroatoms. The molecule has 0 aliphatic rings.